The van der Waals surface area contributed by atoms with Crippen LogP contribution >= 0.6 is 0 Å². The Hall–Kier alpha value is -3.15. The van der Waals surface area contributed by atoms with Crippen LogP contribution in [-0.2, 0) is 36.0 Å². The lowest BCUT2D eigenvalue weighted by atomic mass is 9.98. The number of ether oxygens (including phenoxy) is 1. The summed E-state index contributed by atoms with van der Waals surface area (Å²) >= 11 is 0. The SMILES string of the molecule is Cn1nnnc1COC1(c2nnnn2C)NC=CC=C1C(N)=O. The maximum Gasteiger partial charge on any atom is 0.250 e. The van der Waals surface area contributed by atoms with E-state index in [0.717, 1.165) is 0 Å². The fourth-order valence-corrected chi connectivity index (χ4v) is 2.20. The zero-order valence-electron chi connectivity index (χ0n) is 12.4. The van der Waals surface area contributed by atoms with E-state index in [2.05, 4.69) is 36.4 Å². The molecule has 3 N–H and O–H groups in total. The topological polar surface area (TPSA) is 152 Å². The number of nitrogens with one attached hydrogen (secondary N) is 1. The van der Waals surface area contributed by atoms with Gasteiger partial charge in [0.15, 0.2) is 5.82 Å². The molecule has 2 aromatic heterocycles. The van der Waals surface area contributed by atoms with E-state index in [1.54, 1.807) is 32.4 Å². The molecule has 1 aliphatic heterocycles. The summed E-state index contributed by atoms with van der Waals surface area (Å²) < 4.78 is 8.78. The van der Waals surface area contributed by atoms with Crippen molar-refractivity contribution in [1.29, 1.82) is 0 Å². The predicted octanol–water partition coefficient (Wildman–Crippen LogP) is -2.37. The second kappa shape index (κ2) is 5.57. The molecule has 3 rings (SSSR count). The van der Waals surface area contributed by atoms with Crippen LogP contribution in [0.1, 0.15) is 11.6 Å². The quantitative estimate of drug-likeness (QED) is 0.616. The van der Waals surface area contributed by atoms with Gasteiger partial charge >= 0.3 is 0 Å². The summed E-state index contributed by atoms with van der Waals surface area (Å²) in [7, 11) is 3.30. The van der Waals surface area contributed by atoms with Crippen molar-refractivity contribution in [3.05, 3.63) is 35.6 Å². The summed E-state index contributed by atoms with van der Waals surface area (Å²) in [6.07, 6.45) is 4.79. The minimum absolute atomic E-state index is 0.00181. The van der Waals surface area contributed by atoms with Crippen LogP contribution in [0.25, 0.3) is 0 Å². The number of dihydropyridines is 1. The summed E-state index contributed by atoms with van der Waals surface area (Å²) in [4.78, 5) is 11.9. The first-order chi connectivity index (χ1) is 11.0. The highest BCUT2D eigenvalue weighted by Gasteiger charge is 2.45. The van der Waals surface area contributed by atoms with Crippen LogP contribution in [0.4, 0.5) is 0 Å². The van der Waals surface area contributed by atoms with Crippen molar-refractivity contribution in [3.8, 4) is 0 Å². The highest BCUT2D eigenvalue weighted by Crippen LogP contribution is 2.32. The van der Waals surface area contributed by atoms with E-state index in [9.17, 15) is 4.79 Å². The van der Waals surface area contributed by atoms with Gasteiger partial charge in [-0.1, -0.05) is 0 Å². The molecule has 1 amide bonds. The maximum absolute atomic E-state index is 11.9. The molecule has 0 aliphatic carbocycles. The molecule has 0 saturated carbocycles. The molecule has 12 heteroatoms. The monoisotopic (exact) mass is 318 g/mol. The highest BCUT2D eigenvalue weighted by molar-refractivity contribution is 5.94. The molecule has 0 fully saturated rings. The number of amides is 1. The Morgan fingerprint density at radius 2 is 2.04 bits per heavy atom. The number of rotatable bonds is 5. The summed E-state index contributed by atoms with van der Waals surface area (Å²) in [5.74, 6) is 0.0580. The average molecular weight is 318 g/mol. The van der Waals surface area contributed by atoms with Crippen LogP contribution in [0.15, 0.2) is 23.9 Å². The molecule has 0 radical (unpaired) electrons. The smallest absolute Gasteiger partial charge is 0.250 e. The lowest BCUT2D eigenvalue weighted by Gasteiger charge is -2.34. The van der Waals surface area contributed by atoms with Gasteiger partial charge in [0.2, 0.25) is 17.5 Å². The molecule has 12 nitrogen and oxygen atoms in total. The first-order valence-electron chi connectivity index (χ1n) is 6.57. The third-order valence-corrected chi connectivity index (χ3v) is 3.35. The van der Waals surface area contributed by atoms with Crippen LogP contribution in [0.2, 0.25) is 0 Å². The number of carbonyl (C=O) groups excluding carboxylic acids is 1. The predicted molar refractivity (Wildman–Crippen MR) is 73.6 cm³/mol. The average Bonchev–Trinajstić information content (AvgIpc) is 3.14. The Kier molecular flexibility index (Phi) is 3.57. The maximum atomic E-state index is 11.9. The minimum Gasteiger partial charge on any atom is -0.366 e. The number of allylic oxidation sites excluding steroid dienone is 2. The molecule has 1 unspecified atom stereocenters. The van der Waals surface area contributed by atoms with Crippen molar-refractivity contribution in [2.75, 3.05) is 0 Å². The number of primary amides is 1. The van der Waals surface area contributed by atoms with Crippen molar-refractivity contribution in [1.82, 2.24) is 45.7 Å². The summed E-state index contributed by atoms with van der Waals surface area (Å²) in [5.41, 5.74) is 4.21. The molecule has 0 spiro atoms. The number of carbonyl (C=O) groups is 1. The van der Waals surface area contributed by atoms with E-state index in [0.29, 0.717) is 5.82 Å². The number of nitrogens with zero attached hydrogens (tertiary/aromatic N) is 8. The van der Waals surface area contributed by atoms with Crippen molar-refractivity contribution in [2.24, 2.45) is 19.8 Å². The van der Waals surface area contributed by atoms with Crippen molar-refractivity contribution in [3.63, 3.8) is 0 Å². The second-order valence-corrected chi connectivity index (χ2v) is 4.76. The van der Waals surface area contributed by atoms with Crippen molar-refractivity contribution < 1.29 is 9.53 Å². The van der Waals surface area contributed by atoms with E-state index in [1.165, 1.54) is 9.36 Å². The normalized spacial score (nSPS) is 20.2. The first kappa shape index (κ1) is 14.8. The zero-order valence-corrected chi connectivity index (χ0v) is 12.4. The number of hydrogen-bond acceptors (Lipinski definition) is 9. The third kappa shape index (κ3) is 2.44. The standard InChI is InChI=1S/C11H14N10O2/c1-20-8(14-16-18-20)6-23-11(10-15-17-19-21(10)2)7(9(12)22)4-3-5-13-11/h3-5,13H,6H2,1-2H3,(H2,12,22). The molecule has 1 aliphatic rings. The summed E-state index contributed by atoms with van der Waals surface area (Å²) in [6, 6.07) is 0. The Morgan fingerprint density at radius 1 is 1.30 bits per heavy atom. The van der Waals surface area contributed by atoms with E-state index in [4.69, 9.17) is 10.5 Å². The van der Waals surface area contributed by atoms with Gasteiger partial charge in [-0.2, -0.15) is 0 Å². The van der Waals surface area contributed by atoms with E-state index >= 15 is 0 Å². The largest absolute Gasteiger partial charge is 0.366 e. The Bertz CT molecular complexity index is 790. The van der Waals surface area contributed by atoms with Crippen molar-refractivity contribution >= 4 is 5.91 Å². The van der Waals surface area contributed by atoms with Gasteiger partial charge in [-0.25, -0.2) is 9.36 Å². The Morgan fingerprint density at radius 3 is 2.65 bits per heavy atom. The van der Waals surface area contributed by atoms with E-state index in [1.807, 2.05) is 0 Å². The van der Waals surface area contributed by atoms with Gasteiger partial charge < -0.3 is 15.8 Å². The van der Waals surface area contributed by atoms with Crippen LogP contribution in [0, 0.1) is 0 Å². The third-order valence-electron chi connectivity index (χ3n) is 3.35. The number of tetrazole rings is 2. The molecular weight excluding hydrogens is 304 g/mol. The number of aryl methyl sites for hydroxylation is 2. The first-order valence-corrected chi connectivity index (χ1v) is 6.57. The van der Waals surface area contributed by atoms with Crippen LogP contribution < -0.4 is 11.1 Å². The number of nitrogens with two attached hydrogens (primary N) is 1. The van der Waals surface area contributed by atoms with E-state index < -0.39 is 11.6 Å². The summed E-state index contributed by atoms with van der Waals surface area (Å²) in [6.45, 7) is 0.00181. The fourth-order valence-electron chi connectivity index (χ4n) is 2.20. The molecule has 0 saturated heterocycles. The minimum atomic E-state index is -1.44. The van der Waals surface area contributed by atoms with Gasteiger partial charge in [-0.05, 0) is 39.2 Å². The number of hydrogen-bond donors (Lipinski definition) is 2. The van der Waals surface area contributed by atoms with E-state index in [-0.39, 0.29) is 18.0 Å². The molecule has 0 aromatic carbocycles. The zero-order chi connectivity index (χ0) is 16.4. The molecule has 3 heterocycles. The molecule has 2 aromatic rings. The molecule has 120 valence electrons. The molecular formula is C11H14N10O2. The Balaban J connectivity index is 2.02. The van der Waals surface area contributed by atoms with Crippen LogP contribution in [0.3, 0.4) is 0 Å². The van der Waals surface area contributed by atoms with Gasteiger partial charge in [0, 0.05) is 14.1 Å². The van der Waals surface area contributed by atoms with Gasteiger partial charge in [0.1, 0.15) is 6.61 Å². The second-order valence-electron chi connectivity index (χ2n) is 4.76. The van der Waals surface area contributed by atoms with Crippen molar-refractivity contribution in [2.45, 2.75) is 12.3 Å². The summed E-state index contributed by atoms with van der Waals surface area (Å²) in [5, 5.41) is 25.4. The lowest BCUT2D eigenvalue weighted by molar-refractivity contribution is -0.121. The van der Waals surface area contributed by atoms with Gasteiger partial charge in [-0.3, -0.25) is 4.79 Å². The van der Waals surface area contributed by atoms with Crippen LogP contribution in [-0.4, -0.2) is 46.3 Å². The molecule has 1 atom stereocenters. The fraction of sp³-hybridized carbons (Fsp3) is 0.364. The van der Waals surface area contributed by atoms with Gasteiger partial charge in [-0.15, -0.1) is 10.2 Å². The number of aromatic nitrogens is 8. The molecule has 23 heavy (non-hydrogen) atoms. The van der Waals surface area contributed by atoms with Gasteiger partial charge in [0.25, 0.3) is 0 Å². The highest BCUT2D eigenvalue weighted by atomic mass is 16.5. The Labute approximate surface area is 130 Å². The van der Waals surface area contributed by atoms with Crippen LogP contribution in [0.5, 0.6) is 0 Å². The lowest BCUT2D eigenvalue weighted by Crippen LogP contribution is -2.50. The molecule has 0 bridgehead atoms. The van der Waals surface area contributed by atoms with Gasteiger partial charge in [0.05, 0.1) is 5.57 Å².